The SMILES string of the molecule is CC(C)Cc1ccc(-c2[c-]ccc(-c3ccccc3)c2)nc1.CC(C)Cc1ccc(-c2[c-]cccc2)nc1.Cc1ccc(-c2[c-]ccc(-c3ccccc3)c2)nc1.Cc1ccc(-c2[c-]cccc2)nc1.Cc1cccc(-c2[c-]ccc(-c3ccccc3)c2)n1.Cc1cccc(-c2[c-]ccc(-c3ccccc3)c2)n1.Cc1cccc(-c2[c-]cccc2)n1.[Ir].[Ir].[Ir].[Ir].[c-]1ccccc1-c1ccccn1. The van der Waals surface area contributed by atoms with Crippen molar-refractivity contribution in [1.82, 2.24) is 39.9 Å². The normalized spacial score (nSPS) is 10.0. The van der Waals surface area contributed by atoms with Gasteiger partial charge in [0.05, 0.1) is 0 Å². The van der Waals surface area contributed by atoms with Crippen molar-refractivity contribution < 1.29 is 80.4 Å². The molecule has 0 aliphatic rings. The molecule has 0 saturated carbocycles. The maximum atomic E-state index is 4.61. The van der Waals surface area contributed by atoms with Gasteiger partial charge in [0.1, 0.15) is 0 Å². The summed E-state index contributed by atoms with van der Waals surface area (Å²) >= 11 is 0. The first-order valence-electron chi connectivity index (χ1n) is 44.8. The standard InChI is InChI=1S/C21H20N.3C18H14N.C15H16N.2C12H10N.C11H8N.4Ir/c1-16(2)13-17-11-12-21(22-15-17)20-10-6-9-19(14-20)18-7-4-3-5-8-18;2*1-14-7-5-12-18(19-14)17-11-6-10-16(13-17)15-8-3-2-4-9-15;1-14-10-11-18(19-13-14)17-9-5-8-16(12-17)15-6-3-2-4-7-15;1-12(2)10-13-8-9-15(16-11-13)14-6-4-3-5-7-14;1-10-6-5-9-12(13-10)11-7-3-2-4-8-11;1-10-7-8-12(13-9-10)11-5-3-2-4-6-11;1-2-6-10(7-3-1)11-8-4-5-9-12-11;;;;/h3-9,11-12,14-16H,13H2,1-2H3;2*2-10,12-13H,1H3;2-8,10-13H,1H3;3-6,8-9,11-12H,10H2,1-2H3;2-7,9H,1H3;2-5,7-9H,1H3;1-6,8-9H;;;;/q8*-1;;;;. The summed E-state index contributed by atoms with van der Waals surface area (Å²) in [5.41, 5.74) is 33.8. The van der Waals surface area contributed by atoms with Crippen LogP contribution >= 0.6 is 0 Å². The first kappa shape index (κ1) is 107. The largest absolute Gasteiger partial charge is 0.305 e. The number of aryl methyl sites for hydroxylation is 5. The van der Waals surface area contributed by atoms with Crippen LogP contribution in [0, 0.1) is 95.0 Å². The molecule has 12 aromatic carbocycles. The van der Waals surface area contributed by atoms with Crippen LogP contribution in [0.4, 0.5) is 0 Å². The van der Waals surface area contributed by atoms with Crippen molar-refractivity contribution in [2.45, 2.75) is 75.2 Å². The summed E-state index contributed by atoms with van der Waals surface area (Å²) in [4.78, 5) is 35.6. The van der Waals surface area contributed by atoms with Crippen molar-refractivity contribution in [3.63, 3.8) is 0 Å². The predicted octanol–water partition coefficient (Wildman–Crippen LogP) is 31.0. The third kappa shape index (κ3) is 35.3. The van der Waals surface area contributed by atoms with Gasteiger partial charge in [0, 0.05) is 128 Å². The molecule has 8 nitrogen and oxygen atoms in total. The molecule has 20 aromatic rings. The molecule has 12 heteroatoms. The van der Waals surface area contributed by atoms with Crippen LogP contribution in [0.5, 0.6) is 0 Å². The van der Waals surface area contributed by atoms with Gasteiger partial charge in [-0.05, 0) is 174 Å². The van der Waals surface area contributed by atoms with E-state index in [2.05, 4.69) is 298 Å². The Kier molecular flexibility index (Phi) is 45.3. The zero-order chi connectivity index (χ0) is 92.4. The van der Waals surface area contributed by atoms with Crippen LogP contribution in [0.15, 0.2) is 443 Å². The van der Waals surface area contributed by atoms with Gasteiger partial charge in [-0.3, -0.25) is 0 Å². The molecule has 0 unspecified atom stereocenters. The summed E-state index contributed by atoms with van der Waals surface area (Å²) in [5.74, 6) is 1.33. The van der Waals surface area contributed by atoms with Crippen LogP contribution in [0.2, 0.25) is 0 Å². The fourth-order valence-electron chi connectivity index (χ4n) is 14.1. The zero-order valence-corrected chi connectivity index (χ0v) is 87.7. The minimum Gasteiger partial charge on any atom is -0.305 e. The van der Waals surface area contributed by atoms with E-state index in [0.717, 1.165) is 120 Å². The number of hydrogen-bond acceptors (Lipinski definition) is 8. The molecule has 690 valence electrons. The van der Waals surface area contributed by atoms with Gasteiger partial charge in [0.2, 0.25) is 0 Å². The third-order valence-corrected chi connectivity index (χ3v) is 20.8. The van der Waals surface area contributed by atoms with Gasteiger partial charge in [-0.1, -0.05) is 246 Å². The van der Waals surface area contributed by atoms with E-state index in [4.69, 9.17) is 0 Å². The van der Waals surface area contributed by atoms with Gasteiger partial charge in [0.15, 0.2) is 0 Å². The third-order valence-electron chi connectivity index (χ3n) is 20.8. The number of hydrogen-bond donors (Lipinski definition) is 0. The Hall–Kier alpha value is -13.6. The quantitative estimate of drug-likeness (QED) is 0.0882. The number of pyridine rings is 8. The van der Waals surface area contributed by atoms with Gasteiger partial charge in [-0.15, -0.1) is 285 Å². The van der Waals surface area contributed by atoms with Gasteiger partial charge < -0.3 is 39.9 Å². The summed E-state index contributed by atoms with van der Waals surface area (Å²) in [6.45, 7) is 19.0. The monoisotopic (exact) mass is 2490 g/mol. The second kappa shape index (κ2) is 58.0. The molecule has 0 aliphatic carbocycles. The molecule has 20 rings (SSSR count). The fraction of sp³-hybridized carbons (Fsp3) is 0.104. The van der Waals surface area contributed by atoms with E-state index in [1.54, 1.807) is 6.20 Å². The maximum Gasteiger partial charge on any atom is 0.0266 e. The van der Waals surface area contributed by atoms with Crippen LogP contribution in [-0.2, 0) is 93.3 Å². The average molecular weight is 2490 g/mol. The first-order valence-corrected chi connectivity index (χ1v) is 44.8. The van der Waals surface area contributed by atoms with E-state index < -0.39 is 0 Å². The summed E-state index contributed by atoms with van der Waals surface area (Å²) in [5, 5.41) is 0. The van der Waals surface area contributed by atoms with E-state index in [1.807, 2.05) is 290 Å². The Morgan fingerprint density at radius 3 is 0.701 bits per heavy atom. The molecule has 8 aromatic heterocycles. The van der Waals surface area contributed by atoms with Crippen LogP contribution in [0.25, 0.3) is 135 Å². The molecule has 0 N–H and O–H groups in total. The Balaban J connectivity index is 0.000000176. The Morgan fingerprint density at radius 2 is 0.445 bits per heavy atom. The van der Waals surface area contributed by atoms with Gasteiger partial charge in [-0.25, -0.2) is 0 Å². The molecule has 137 heavy (non-hydrogen) atoms. The molecule has 8 heterocycles. The van der Waals surface area contributed by atoms with Crippen LogP contribution in [0.3, 0.4) is 0 Å². The number of aromatic nitrogens is 8. The van der Waals surface area contributed by atoms with Crippen molar-refractivity contribution in [3.05, 3.63) is 531 Å². The molecule has 0 saturated heterocycles. The van der Waals surface area contributed by atoms with E-state index in [0.29, 0.717) is 11.8 Å². The number of rotatable bonds is 16. The predicted molar refractivity (Wildman–Crippen MR) is 551 cm³/mol. The van der Waals surface area contributed by atoms with Gasteiger partial charge in [-0.2, -0.15) is 0 Å². The topological polar surface area (TPSA) is 103 Å². The minimum absolute atomic E-state index is 0. The van der Waals surface area contributed by atoms with Crippen molar-refractivity contribution in [3.8, 4) is 135 Å². The van der Waals surface area contributed by atoms with Gasteiger partial charge >= 0.3 is 0 Å². The van der Waals surface area contributed by atoms with Gasteiger partial charge in [0.25, 0.3) is 0 Å². The molecular weight excluding hydrogens is 2380 g/mol. The van der Waals surface area contributed by atoms with Crippen molar-refractivity contribution in [1.29, 1.82) is 0 Å². The Labute approximate surface area is 865 Å². The summed E-state index contributed by atoms with van der Waals surface area (Å²) < 4.78 is 0. The molecular formula is C125H106Ir4N8-8. The number of nitrogens with zero attached hydrogens (tertiary/aromatic N) is 8. The smallest absolute Gasteiger partial charge is 0.0266 e. The second-order valence-electron chi connectivity index (χ2n) is 32.5. The molecule has 0 atom stereocenters. The molecule has 0 fully saturated rings. The first-order chi connectivity index (χ1) is 65.1. The van der Waals surface area contributed by atoms with E-state index in [9.17, 15) is 0 Å². The summed E-state index contributed by atoms with van der Waals surface area (Å²) in [6, 6.07) is 164. The van der Waals surface area contributed by atoms with Crippen LogP contribution < -0.4 is 0 Å². The Bertz CT molecular complexity index is 6640. The van der Waals surface area contributed by atoms with Crippen molar-refractivity contribution in [2.75, 3.05) is 0 Å². The van der Waals surface area contributed by atoms with E-state index in [-0.39, 0.29) is 80.4 Å². The molecule has 4 radical (unpaired) electrons. The van der Waals surface area contributed by atoms with Crippen molar-refractivity contribution in [2.24, 2.45) is 11.8 Å². The molecule has 0 bridgehead atoms. The average Bonchev–Trinajstić information content (AvgIpc) is 0.839. The number of benzene rings is 12. The second-order valence-corrected chi connectivity index (χ2v) is 32.5. The zero-order valence-electron chi connectivity index (χ0n) is 78.1. The molecule has 0 aliphatic heterocycles. The minimum atomic E-state index is 0. The maximum absolute atomic E-state index is 4.61. The molecule has 0 spiro atoms. The van der Waals surface area contributed by atoms with Crippen LogP contribution in [-0.4, -0.2) is 39.9 Å². The van der Waals surface area contributed by atoms with Crippen LogP contribution in [0.1, 0.15) is 67.0 Å². The Morgan fingerprint density at radius 1 is 0.197 bits per heavy atom. The summed E-state index contributed by atoms with van der Waals surface area (Å²) in [6.07, 6.45) is 11.7. The van der Waals surface area contributed by atoms with E-state index in [1.165, 1.54) is 66.8 Å². The fourth-order valence-corrected chi connectivity index (χ4v) is 14.1. The van der Waals surface area contributed by atoms with E-state index >= 15 is 0 Å². The summed E-state index contributed by atoms with van der Waals surface area (Å²) in [7, 11) is 0. The molecule has 0 amide bonds. The van der Waals surface area contributed by atoms with Crippen molar-refractivity contribution >= 4 is 0 Å².